The van der Waals surface area contributed by atoms with Crippen molar-refractivity contribution in [1.82, 2.24) is 0 Å². The minimum Gasteiger partial charge on any atom is -0.396 e. The van der Waals surface area contributed by atoms with Gasteiger partial charge in [0.2, 0.25) is 0 Å². The van der Waals surface area contributed by atoms with Crippen LogP contribution in [0.15, 0.2) is 0 Å². The number of carbonyl (C=O) groups is 1. The molecule has 0 rings (SSSR count). The van der Waals surface area contributed by atoms with Gasteiger partial charge in [-0.3, -0.25) is 0 Å². The van der Waals surface area contributed by atoms with E-state index >= 15 is 0 Å². The highest BCUT2D eigenvalue weighted by Gasteiger charge is 2.03. The zero-order valence-corrected chi connectivity index (χ0v) is 6.55. The van der Waals surface area contributed by atoms with Crippen molar-refractivity contribution in [2.24, 2.45) is 5.92 Å². The van der Waals surface area contributed by atoms with Crippen LogP contribution in [0.1, 0.15) is 32.6 Å². The summed E-state index contributed by atoms with van der Waals surface area (Å²) in [4.78, 5) is 10.2. The van der Waals surface area contributed by atoms with E-state index < -0.39 is 0 Å². The van der Waals surface area contributed by atoms with Crippen molar-refractivity contribution in [2.75, 3.05) is 6.61 Å². The van der Waals surface area contributed by atoms with Gasteiger partial charge < -0.3 is 9.90 Å². The molecular weight excluding hydrogens is 128 g/mol. The largest absolute Gasteiger partial charge is 0.396 e. The van der Waals surface area contributed by atoms with Gasteiger partial charge in [-0.1, -0.05) is 26.2 Å². The molecule has 0 aromatic rings. The summed E-state index contributed by atoms with van der Waals surface area (Å²) in [5, 5.41) is 8.59. The van der Waals surface area contributed by atoms with Gasteiger partial charge in [-0.05, 0) is 6.42 Å². The van der Waals surface area contributed by atoms with Crippen molar-refractivity contribution in [3.05, 3.63) is 0 Å². The number of hydrogen-bond donors (Lipinski definition) is 1. The van der Waals surface area contributed by atoms with Gasteiger partial charge in [-0.15, -0.1) is 0 Å². The average Bonchev–Trinajstić information content (AvgIpc) is 1.99. The van der Waals surface area contributed by atoms with E-state index in [0.717, 1.165) is 32.0 Å². The van der Waals surface area contributed by atoms with E-state index in [1.165, 1.54) is 0 Å². The molecule has 2 nitrogen and oxygen atoms in total. The summed E-state index contributed by atoms with van der Waals surface area (Å²) < 4.78 is 0. The van der Waals surface area contributed by atoms with Gasteiger partial charge >= 0.3 is 0 Å². The summed E-state index contributed by atoms with van der Waals surface area (Å²) in [7, 11) is 0. The third-order valence-electron chi connectivity index (χ3n) is 1.61. The van der Waals surface area contributed by atoms with Gasteiger partial charge in [0.1, 0.15) is 6.29 Å². The first-order valence-electron chi connectivity index (χ1n) is 3.91. The van der Waals surface area contributed by atoms with E-state index in [-0.39, 0.29) is 12.5 Å². The van der Waals surface area contributed by atoms with Gasteiger partial charge in [0.05, 0.1) is 6.61 Å². The monoisotopic (exact) mass is 144 g/mol. The van der Waals surface area contributed by atoms with E-state index in [4.69, 9.17) is 5.11 Å². The topological polar surface area (TPSA) is 37.3 Å². The summed E-state index contributed by atoms with van der Waals surface area (Å²) in [5.41, 5.74) is 0. The van der Waals surface area contributed by atoms with Gasteiger partial charge in [-0.25, -0.2) is 0 Å². The summed E-state index contributed by atoms with van der Waals surface area (Å²) >= 11 is 0. The molecule has 0 spiro atoms. The number of aliphatic hydroxyl groups is 1. The van der Waals surface area contributed by atoms with Gasteiger partial charge in [0.15, 0.2) is 0 Å². The SMILES string of the molecule is CCCCCC(C=O)CO. The number of unbranched alkanes of at least 4 members (excludes halogenated alkanes) is 2. The molecule has 0 aliphatic heterocycles. The minimum atomic E-state index is -0.119. The minimum absolute atomic E-state index is 0.00716. The molecule has 10 heavy (non-hydrogen) atoms. The molecule has 0 radical (unpaired) electrons. The zero-order chi connectivity index (χ0) is 7.82. The molecule has 0 fully saturated rings. The summed E-state index contributed by atoms with van der Waals surface area (Å²) in [6, 6.07) is 0. The number of aldehydes is 1. The van der Waals surface area contributed by atoms with Crippen LogP contribution in [-0.4, -0.2) is 18.0 Å². The Bertz CT molecular complexity index is 81.3. The molecule has 1 N–H and O–H groups in total. The van der Waals surface area contributed by atoms with Crippen LogP contribution in [-0.2, 0) is 4.79 Å². The average molecular weight is 144 g/mol. The smallest absolute Gasteiger partial charge is 0.125 e. The van der Waals surface area contributed by atoms with Crippen LogP contribution >= 0.6 is 0 Å². The molecule has 0 saturated heterocycles. The maximum absolute atomic E-state index is 10.2. The first-order chi connectivity index (χ1) is 4.85. The molecular formula is C8H16O2. The third-order valence-corrected chi connectivity index (χ3v) is 1.61. The van der Waals surface area contributed by atoms with Crippen molar-refractivity contribution in [3.8, 4) is 0 Å². The highest BCUT2D eigenvalue weighted by Crippen LogP contribution is 2.06. The van der Waals surface area contributed by atoms with Crippen molar-refractivity contribution in [2.45, 2.75) is 32.6 Å². The molecule has 2 heteroatoms. The molecule has 0 heterocycles. The lowest BCUT2D eigenvalue weighted by atomic mass is 10.0. The van der Waals surface area contributed by atoms with Gasteiger partial charge in [0, 0.05) is 5.92 Å². The van der Waals surface area contributed by atoms with Crippen LogP contribution in [0.25, 0.3) is 0 Å². The molecule has 60 valence electrons. The van der Waals surface area contributed by atoms with Gasteiger partial charge in [-0.2, -0.15) is 0 Å². The molecule has 0 aromatic carbocycles. The fraction of sp³-hybridized carbons (Fsp3) is 0.875. The molecule has 1 atom stereocenters. The predicted molar refractivity (Wildman–Crippen MR) is 40.8 cm³/mol. The molecule has 0 aliphatic rings. The van der Waals surface area contributed by atoms with Gasteiger partial charge in [0.25, 0.3) is 0 Å². The number of carbonyl (C=O) groups excluding carboxylic acids is 1. The summed E-state index contributed by atoms with van der Waals surface area (Å²) in [6.07, 6.45) is 5.06. The van der Waals surface area contributed by atoms with Crippen LogP contribution in [0, 0.1) is 5.92 Å². The number of aliphatic hydroxyl groups excluding tert-OH is 1. The lowest BCUT2D eigenvalue weighted by Gasteiger charge is -2.03. The van der Waals surface area contributed by atoms with Crippen molar-refractivity contribution >= 4 is 6.29 Å². The highest BCUT2D eigenvalue weighted by molar-refractivity contribution is 5.53. The van der Waals surface area contributed by atoms with E-state index in [2.05, 4.69) is 6.92 Å². The Morgan fingerprint density at radius 3 is 2.60 bits per heavy atom. The molecule has 0 aromatic heterocycles. The molecule has 0 bridgehead atoms. The van der Waals surface area contributed by atoms with Crippen LogP contribution < -0.4 is 0 Å². The first kappa shape index (κ1) is 9.63. The molecule has 0 aliphatic carbocycles. The second-order valence-corrected chi connectivity index (χ2v) is 2.57. The summed E-state index contributed by atoms with van der Waals surface area (Å²) in [5.74, 6) is -0.119. The summed E-state index contributed by atoms with van der Waals surface area (Å²) in [6.45, 7) is 2.13. The van der Waals surface area contributed by atoms with E-state index in [0.29, 0.717) is 0 Å². The van der Waals surface area contributed by atoms with Crippen LogP contribution in [0.5, 0.6) is 0 Å². The van der Waals surface area contributed by atoms with E-state index in [9.17, 15) is 4.79 Å². The fourth-order valence-corrected chi connectivity index (χ4v) is 0.859. The normalized spacial score (nSPS) is 13.0. The van der Waals surface area contributed by atoms with Crippen molar-refractivity contribution in [1.29, 1.82) is 0 Å². The van der Waals surface area contributed by atoms with Crippen LogP contribution in [0.2, 0.25) is 0 Å². The highest BCUT2D eigenvalue weighted by atomic mass is 16.3. The Hall–Kier alpha value is -0.370. The lowest BCUT2D eigenvalue weighted by Crippen LogP contribution is -2.06. The Morgan fingerprint density at radius 2 is 2.20 bits per heavy atom. The zero-order valence-electron chi connectivity index (χ0n) is 6.55. The number of rotatable bonds is 6. The predicted octanol–water partition coefficient (Wildman–Crippen LogP) is 1.37. The second kappa shape index (κ2) is 6.75. The maximum Gasteiger partial charge on any atom is 0.125 e. The molecule has 0 saturated carbocycles. The first-order valence-corrected chi connectivity index (χ1v) is 3.91. The van der Waals surface area contributed by atoms with Crippen molar-refractivity contribution in [3.63, 3.8) is 0 Å². The fourth-order valence-electron chi connectivity index (χ4n) is 0.859. The second-order valence-electron chi connectivity index (χ2n) is 2.57. The Kier molecular flexibility index (Phi) is 6.50. The Balaban J connectivity index is 3.17. The third kappa shape index (κ3) is 4.50. The lowest BCUT2D eigenvalue weighted by molar-refractivity contribution is -0.112. The van der Waals surface area contributed by atoms with E-state index in [1.54, 1.807) is 0 Å². The van der Waals surface area contributed by atoms with E-state index in [1.807, 2.05) is 0 Å². The Morgan fingerprint density at radius 1 is 1.50 bits per heavy atom. The van der Waals surface area contributed by atoms with Crippen molar-refractivity contribution < 1.29 is 9.90 Å². The van der Waals surface area contributed by atoms with Crippen LogP contribution in [0.4, 0.5) is 0 Å². The Labute approximate surface area is 62.2 Å². The maximum atomic E-state index is 10.2. The standard InChI is InChI=1S/C8H16O2/c1-2-3-4-5-8(6-9)7-10/h6,8,10H,2-5,7H2,1H3. The molecule has 1 unspecified atom stereocenters. The molecule has 0 amide bonds. The number of hydrogen-bond acceptors (Lipinski definition) is 2. The quantitative estimate of drug-likeness (QED) is 0.451. The van der Waals surface area contributed by atoms with Crippen LogP contribution in [0.3, 0.4) is 0 Å².